The summed E-state index contributed by atoms with van der Waals surface area (Å²) in [5.74, 6) is 0.0204. The third-order valence-electron chi connectivity index (χ3n) is 4.00. The average Bonchev–Trinajstić information content (AvgIpc) is 2.35. The Bertz CT molecular complexity index is 363. The molecule has 0 atom stereocenters. The number of piperidine rings is 1. The van der Waals surface area contributed by atoms with E-state index in [-0.39, 0.29) is 18.0 Å². The van der Waals surface area contributed by atoms with Crippen LogP contribution in [0, 0.1) is 11.3 Å². The minimum Gasteiger partial charge on any atom is -0.469 e. The van der Waals surface area contributed by atoms with E-state index in [1.165, 1.54) is 7.11 Å². The van der Waals surface area contributed by atoms with E-state index in [4.69, 9.17) is 9.47 Å². The van der Waals surface area contributed by atoms with Crippen molar-refractivity contribution >= 4 is 12.1 Å². The van der Waals surface area contributed by atoms with Crippen molar-refractivity contribution in [2.75, 3.05) is 20.2 Å². The van der Waals surface area contributed by atoms with Gasteiger partial charge in [-0.3, -0.25) is 4.79 Å². The number of hydrogen-bond donors (Lipinski definition) is 0. The van der Waals surface area contributed by atoms with Crippen LogP contribution in [0.25, 0.3) is 0 Å². The minimum absolute atomic E-state index is 0.170. The Morgan fingerprint density at radius 3 is 2.00 bits per heavy atom. The number of amides is 1. The van der Waals surface area contributed by atoms with Gasteiger partial charge in [0, 0.05) is 13.1 Å². The molecule has 20 heavy (non-hydrogen) atoms. The molecule has 1 heterocycles. The van der Waals surface area contributed by atoms with Gasteiger partial charge in [-0.1, -0.05) is 13.8 Å². The van der Waals surface area contributed by atoms with E-state index in [1.54, 1.807) is 4.90 Å². The Labute approximate surface area is 121 Å². The molecule has 0 aromatic heterocycles. The molecular weight excluding hydrogens is 258 g/mol. The number of ether oxygens (including phenoxy) is 2. The molecule has 0 radical (unpaired) electrons. The Hall–Kier alpha value is -1.26. The first-order valence-electron chi connectivity index (χ1n) is 7.19. The summed E-state index contributed by atoms with van der Waals surface area (Å²) in [7, 11) is 1.42. The number of esters is 1. The average molecular weight is 285 g/mol. The van der Waals surface area contributed by atoms with Crippen molar-refractivity contribution in [3.63, 3.8) is 0 Å². The third-order valence-corrected chi connectivity index (χ3v) is 4.00. The first-order chi connectivity index (χ1) is 9.12. The van der Waals surface area contributed by atoms with Gasteiger partial charge >= 0.3 is 12.1 Å². The van der Waals surface area contributed by atoms with Crippen molar-refractivity contribution < 1.29 is 19.1 Å². The van der Waals surface area contributed by atoms with E-state index < -0.39 is 11.0 Å². The standard InChI is InChI=1S/C15H27NO4/c1-11(2)15(12(17)19-6)7-9-16(10-8-15)13(18)20-14(3,4)5/h11H,7-10H2,1-6H3. The number of hydrogen-bond acceptors (Lipinski definition) is 4. The number of likely N-dealkylation sites (tertiary alicyclic amines) is 1. The van der Waals surface area contributed by atoms with Crippen molar-refractivity contribution in [3.8, 4) is 0 Å². The maximum absolute atomic E-state index is 12.1. The first-order valence-corrected chi connectivity index (χ1v) is 7.19. The molecule has 0 unspecified atom stereocenters. The molecule has 0 spiro atoms. The van der Waals surface area contributed by atoms with Gasteiger partial charge in [-0.15, -0.1) is 0 Å². The molecule has 1 aliphatic rings. The zero-order chi connectivity index (χ0) is 15.6. The quantitative estimate of drug-likeness (QED) is 0.732. The van der Waals surface area contributed by atoms with Gasteiger partial charge in [0.15, 0.2) is 0 Å². The van der Waals surface area contributed by atoms with Gasteiger partial charge in [0.25, 0.3) is 0 Å². The van der Waals surface area contributed by atoms with Crippen molar-refractivity contribution in [3.05, 3.63) is 0 Å². The smallest absolute Gasteiger partial charge is 0.410 e. The highest BCUT2D eigenvalue weighted by Gasteiger charge is 2.46. The second-order valence-corrected chi connectivity index (χ2v) is 6.77. The molecule has 0 bridgehead atoms. The highest BCUT2D eigenvalue weighted by Crippen LogP contribution is 2.40. The Morgan fingerprint density at radius 2 is 1.65 bits per heavy atom. The summed E-state index contributed by atoms with van der Waals surface area (Å²) in [5, 5.41) is 0. The molecule has 1 saturated heterocycles. The monoisotopic (exact) mass is 285 g/mol. The molecule has 1 aliphatic heterocycles. The van der Waals surface area contributed by atoms with Crippen LogP contribution in [0.1, 0.15) is 47.5 Å². The topological polar surface area (TPSA) is 55.8 Å². The highest BCUT2D eigenvalue weighted by molar-refractivity contribution is 5.78. The molecular formula is C15H27NO4. The molecule has 0 aromatic carbocycles. The molecule has 1 amide bonds. The predicted molar refractivity (Wildman–Crippen MR) is 76.3 cm³/mol. The van der Waals surface area contributed by atoms with Crippen LogP contribution in [0.2, 0.25) is 0 Å². The molecule has 0 saturated carbocycles. The fourth-order valence-corrected chi connectivity index (χ4v) is 2.64. The lowest BCUT2D eigenvalue weighted by Crippen LogP contribution is -2.50. The number of carbonyl (C=O) groups excluding carboxylic acids is 2. The van der Waals surface area contributed by atoms with E-state index in [1.807, 2.05) is 34.6 Å². The highest BCUT2D eigenvalue weighted by atomic mass is 16.6. The van der Waals surface area contributed by atoms with E-state index in [9.17, 15) is 9.59 Å². The van der Waals surface area contributed by atoms with Crippen LogP contribution in [0.3, 0.4) is 0 Å². The van der Waals surface area contributed by atoms with Crippen molar-refractivity contribution in [1.29, 1.82) is 0 Å². The summed E-state index contributed by atoms with van der Waals surface area (Å²) < 4.78 is 10.3. The minimum atomic E-state index is -0.494. The Morgan fingerprint density at radius 1 is 1.15 bits per heavy atom. The van der Waals surface area contributed by atoms with Gasteiger partial charge in [-0.05, 0) is 39.5 Å². The number of methoxy groups -OCH3 is 1. The maximum atomic E-state index is 12.1. The van der Waals surface area contributed by atoms with E-state index >= 15 is 0 Å². The molecule has 0 aromatic rings. The summed E-state index contributed by atoms with van der Waals surface area (Å²) >= 11 is 0. The first kappa shape index (κ1) is 16.8. The fraction of sp³-hybridized carbons (Fsp3) is 0.867. The zero-order valence-electron chi connectivity index (χ0n) is 13.5. The van der Waals surface area contributed by atoms with Crippen LogP contribution in [-0.4, -0.2) is 42.8 Å². The van der Waals surface area contributed by atoms with Gasteiger partial charge < -0.3 is 14.4 Å². The largest absolute Gasteiger partial charge is 0.469 e. The summed E-state index contributed by atoms with van der Waals surface area (Å²) in [6.07, 6.45) is 0.937. The van der Waals surface area contributed by atoms with Gasteiger partial charge in [-0.25, -0.2) is 4.79 Å². The second kappa shape index (κ2) is 6.02. The molecule has 1 fully saturated rings. The lowest BCUT2D eigenvalue weighted by molar-refractivity contribution is -0.159. The van der Waals surface area contributed by atoms with Gasteiger partial charge in [0.05, 0.1) is 12.5 Å². The summed E-state index contributed by atoms with van der Waals surface area (Å²) in [4.78, 5) is 25.8. The summed E-state index contributed by atoms with van der Waals surface area (Å²) in [6, 6.07) is 0. The van der Waals surface area contributed by atoms with Crippen LogP contribution in [0.5, 0.6) is 0 Å². The molecule has 1 rings (SSSR count). The van der Waals surface area contributed by atoms with Gasteiger partial charge in [0.1, 0.15) is 5.60 Å². The van der Waals surface area contributed by atoms with Crippen LogP contribution in [0.4, 0.5) is 4.79 Å². The number of rotatable bonds is 2. The van der Waals surface area contributed by atoms with Crippen molar-refractivity contribution in [2.45, 2.75) is 53.1 Å². The van der Waals surface area contributed by atoms with E-state index in [0.717, 1.165) is 0 Å². The van der Waals surface area contributed by atoms with Crippen LogP contribution in [-0.2, 0) is 14.3 Å². The Kier molecular flexibility index (Phi) is 5.05. The van der Waals surface area contributed by atoms with Crippen molar-refractivity contribution in [1.82, 2.24) is 4.90 Å². The van der Waals surface area contributed by atoms with Gasteiger partial charge in [-0.2, -0.15) is 0 Å². The van der Waals surface area contributed by atoms with E-state index in [2.05, 4.69) is 0 Å². The number of nitrogens with zero attached hydrogens (tertiary/aromatic N) is 1. The third kappa shape index (κ3) is 3.64. The predicted octanol–water partition coefficient (Wildman–Crippen LogP) is 2.83. The molecule has 5 nitrogen and oxygen atoms in total. The lowest BCUT2D eigenvalue weighted by Gasteiger charge is -2.42. The second-order valence-electron chi connectivity index (χ2n) is 6.77. The van der Waals surface area contributed by atoms with Crippen LogP contribution in [0.15, 0.2) is 0 Å². The fourth-order valence-electron chi connectivity index (χ4n) is 2.64. The van der Waals surface area contributed by atoms with Crippen LogP contribution < -0.4 is 0 Å². The molecule has 0 aliphatic carbocycles. The lowest BCUT2D eigenvalue weighted by atomic mass is 9.70. The zero-order valence-corrected chi connectivity index (χ0v) is 13.5. The van der Waals surface area contributed by atoms with E-state index in [0.29, 0.717) is 25.9 Å². The maximum Gasteiger partial charge on any atom is 0.410 e. The summed E-state index contributed by atoms with van der Waals surface area (Å²) in [5.41, 5.74) is -0.973. The molecule has 0 N–H and O–H groups in total. The molecule has 5 heteroatoms. The normalized spacial score (nSPS) is 18.9. The van der Waals surface area contributed by atoms with Crippen molar-refractivity contribution in [2.24, 2.45) is 11.3 Å². The van der Waals surface area contributed by atoms with Crippen LogP contribution >= 0.6 is 0 Å². The Balaban J connectivity index is 2.70. The molecule has 116 valence electrons. The van der Waals surface area contributed by atoms with Gasteiger partial charge in [0.2, 0.25) is 0 Å². The summed E-state index contributed by atoms with van der Waals surface area (Å²) in [6.45, 7) is 10.7. The number of carbonyl (C=O) groups is 2. The SMILES string of the molecule is COC(=O)C1(C(C)C)CCN(C(=O)OC(C)(C)C)CC1.